The van der Waals surface area contributed by atoms with Crippen LogP contribution in [0, 0.1) is 0 Å². The minimum Gasteiger partial charge on any atom is -0.481 e. The van der Waals surface area contributed by atoms with Crippen molar-refractivity contribution in [3.63, 3.8) is 0 Å². The second kappa shape index (κ2) is 4.39. The van der Waals surface area contributed by atoms with E-state index in [1.165, 1.54) is 5.56 Å². The van der Waals surface area contributed by atoms with Gasteiger partial charge >= 0.3 is 5.97 Å². The van der Waals surface area contributed by atoms with E-state index < -0.39 is 11.4 Å². The van der Waals surface area contributed by atoms with Crippen molar-refractivity contribution in [2.45, 2.75) is 37.0 Å². The molecule has 1 aliphatic heterocycles. The van der Waals surface area contributed by atoms with Crippen LogP contribution in [0.2, 0.25) is 0 Å². The van der Waals surface area contributed by atoms with Crippen molar-refractivity contribution in [3.05, 3.63) is 35.4 Å². The highest BCUT2D eigenvalue weighted by Gasteiger charge is 2.46. The quantitative estimate of drug-likeness (QED) is 0.892. The van der Waals surface area contributed by atoms with Crippen molar-refractivity contribution in [2.24, 2.45) is 0 Å². The molecule has 1 heterocycles. The molecule has 1 saturated carbocycles. The predicted molar refractivity (Wildman–Crippen MR) is 67.8 cm³/mol. The van der Waals surface area contributed by atoms with E-state index in [1.54, 1.807) is 0 Å². The normalized spacial score (nSPS) is 25.7. The summed E-state index contributed by atoms with van der Waals surface area (Å²) in [5.74, 6) is -0.232. The van der Waals surface area contributed by atoms with Crippen molar-refractivity contribution in [2.75, 3.05) is 13.2 Å². The summed E-state index contributed by atoms with van der Waals surface area (Å²) in [7, 11) is 0. The van der Waals surface area contributed by atoms with Crippen LogP contribution in [-0.2, 0) is 14.9 Å². The number of aliphatic carboxylic acids is 1. The van der Waals surface area contributed by atoms with Crippen LogP contribution in [0.1, 0.15) is 42.7 Å². The highest BCUT2D eigenvalue weighted by Crippen LogP contribution is 2.44. The average molecular weight is 246 g/mol. The molecule has 96 valence electrons. The molecule has 3 rings (SSSR count). The van der Waals surface area contributed by atoms with Gasteiger partial charge in [0.1, 0.15) is 0 Å². The van der Waals surface area contributed by atoms with Gasteiger partial charge in [0.2, 0.25) is 0 Å². The molecule has 1 saturated heterocycles. The Hall–Kier alpha value is -1.35. The van der Waals surface area contributed by atoms with Gasteiger partial charge in [-0.25, -0.2) is 0 Å². The molecule has 2 aliphatic rings. The van der Waals surface area contributed by atoms with Crippen LogP contribution >= 0.6 is 0 Å². The molecule has 1 N–H and O–H groups in total. The molecule has 1 aromatic rings. The van der Waals surface area contributed by atoms with Gasteiger partial charge in [0, 0.05) is 12.5 Å². The summed E-state index contributed by atoms with van der Waals surface area (Å²) in [6.07, 6.45) is 3.60. The monoisotopic (exact) mass is 246 g/mol. The third kappa shape index (κ3) is 1.74. The van der Waals surface area contributed by atoms with E-state index in [0.29, 0.717) is 5.92 Å². The van der Waals surface area contributed by atoms with Gasteiger partial charge < -0.3 is 9.84 Å². The Bertz CT molecular complexity index is 457. The maximum absolute atomic E-state index is 11.5. The molecule has 0 aromatic heterocycles. The lowest BCUT2D eigenvalue weighted by atomic mass is 9.64. The third-order valence-electron chi connectivity index (χ3n) is 4.46. The Morgan fingerprint density at radius 2 is 2.22 bits per heavy atom. The van der Waals surface area contributed by atoms with Crippen LogP contribution < -0.4 is 0 Å². The van der Waals surface area contributed by atoms with E-state index in [-0.39, 0.29) is 0 Å². The first-order valence-electron chi connectivity index (χ1n) is 6.64. The van der Waals surface area contributed by atoms with Crippen molar-refractivity contribution in [3.8, 4) is 0 Å². The zero-order chi connectivity index (χ0) is 12.6. The van der Waals surface area contributed by atoms with Crippen LogP contribution in [0.25, 0.3) is 0 Å². The molecule has 3 nitrogen and oxygen atoms in total. The van der Waals surface area contributed by atoms with Crippen molar-refractivity contribution in [1.82, 2.24) is 0 Å². The maximum Gasteiger partial charge on any atom is 0.314 e. The van der Waals surface area contributed by atoms with Gasteiger partial charge in [-0.1, -0.05) is 30.7 Å². The molecule has 0 bridgehead atoms. The Kier molecular flexibility index (Phi) is 2.86. The zero-order valence-corrected chi connectivity index (χ0v) is 10.4. The van der Waals surface area contributed by atoms with Gasteiger partial charge in [-0.05, 0) is 30.4 Å². The molecule has 1 atom stereocenters. The number of hydrogen-bond acceptors (Lipinski definition) is 2. The topological polar surface area (TPSA) is 46.5 Å². The zero-order valence-electron chi connectivity index (χ0n) is 10.4. The van der Waals surface area contributed by atoms with Crippen molar-refractivity contribution < 1.29 is 14.6 Å². The largest absolute Gasteiger partial charge is 0.481 e. The Balaban J connectivity index is 1.92. The predicted octanol–water partition coefficient (Wildman–Crippen LogP) is 2.70. The van der Waals surface area contributed by atoms with Gasteiger partial charge in [0.05, 0.1) is 12.0 Å². The van der Waals surface area contributed by atoms with Gasteiger partial charge in [-0.2, -0.15) is 0 Å². The first-order valence-corrected chi connectivity index (χ1v) is 6.64. The lowest BCUT2D eigenvalue weighted by molar-refractivity contribution is -0.147. The van der Waals surface area contributed by atoms with Gasteiger partial charge in [0.25, 0.3) is 0 Å². The molecule has 0 amide bonds. The maximum atomic E-state index is 11.5. The molecule has 0 radical (unpaired) electrons. The fourth-order valence-corrected chi connectivity index (χ4v) is 3.04. The second-order valence-corrected chi connectivity index (χ2v) is 5.43. The van der Waals surface area contributed by atoms with Crippen LogP contribution in [0.3, 0.4) is 0 Å². The molecule has 18 heavy (non-hydrogen) atoms. The summed E-state index contributed by atoms with van der Waals surface area (Å²) in [5.41, 5.74) is 1.60. The first kappa shape index (κ1) is 11.7. The molecule has 1 unspecified atom stereocenters. The molecule has 1 aromatic carbocycles. The molecule has 3 heteroatoms. The van der Waals surface area contributed by atoms with Crippen molar-refractivity contribution >= 4 is 5.97 Å². The van der Waals surface area contributed by atoms with Crippen LogP contribution in [0.15, 0.2) is 24.3 Å². The second-order valence-electron chi connectivity index (χ2n) is 5.43. The van der Waals surface area contributed by atoms with E-state index in [2.05, 4.69) is 12.1 Å². The summed E-state index contributed by atoms with van der Waals surface area (Å²) in [4.78, 5) is 11.5. The standard InChI is InChI=1S/C15H18O3/c16-14(17)15(6-2-7-15)13-4-1-3-11(9-13)12-5-8-18-10-12/h1,3-4,9,12H,2,5-8,10H2,(H,16,17). The third-order valence-corrected chi connectivity index (χ3v) is 4.46. The molecular weight excluding hydrogens is 228 g/mol. The summed E-state index contributed by atoms with van der Waals surface area (Å²) in [5, 5.41) is 9.47. The number of rotatable bonds is 3. The first-order chi connectivity index (χ1) is 8.72. The molecule has 0 spiro atoms. The van der Waals surface area contributed by atoms with E-state index in [9.17, 15) is 9.90 Å². The van der Waals surface area contributed by atoms with E-state index in [4.69, 9.17) is 4.74 Å². The average Bonchev–Trinajstić information content (AvgIpc) is 2.80. The number of hydrogen-bond donors (Lipinski definition) is 1. The van der Waals surface area contributed by atoms with E-state index >= 15 is 0 Å². The van der Waals surface area contributed by atoms with Gasteiger partial charge in [0.15, 0.2) is 0 Å². The Labute approximate surface area is 107 Å². The van der Waals surface area contributed by atoms with Gasteiger partial charge in [-0.3, -0.25) is 4.79 Å². The van der Waals surface area contributed by atoms with Gasteiger partial charge in [-0.15, -0.1) is 0 Å². The summed E-state index contributed by atoms with van der Waals surface area (Å²) in [6.45, 7) is 1.59. The smallest absolute Gasteiger partial charge is 0.314 e. The summed E-state index contributed by atoms with van der Waals surface area (Å²) in [6, 6.07) is 8.14. The lowest BCUT2D eigenvalue weighted by Crippen LogP contribution is -2.42. The fraction of sp³-hybridized carbons (Fsp3) is 0.533. The number of carbonyl (C=O) groups is 1. The fourth-order valence-electron chi connectivity index (χ4n) is 3.04. The molecule has 1 aliphatic carbocycles. The number of benzene rings is 1. The highest BCUT2D eigenvalue weighted by atomic mass is 16.5. The Morgan fingerprint density at radius 3 is 2.78 bits per heavy atom. The number of carboxylic acid groups (broad SMARTS) is 1. The number of carboxylic acids is 1. The van der Waals surface area contributed by atoms with Crippen LogP contribution in [0.4, 0.5) is 0 Å². The van der Waals surface area contributed by atoms with E-state index in [0.717, 1.165) is 44.5 Å². The Morgan fingerprint density at radius 1 is 1.39 bits per heavy atom. The van der Waals surface area contributed by atoms with Crippen LogP contribution in [-0.4, -0.2) is 24.3 Å². The van der Waals surface area contributed by atoms with Crippen molar-refractivity contribution in [1.29, 1.82) is 0 Å². The van der Waals surface area contributed by atoms with E-state index in [1.807, 2.05) is 12.1 Å². The van der Waals surface area contributed by atoms with Crippen LogP contribution in [0.5, 0.6) is 0 Å². The lowest BCUT2D eigenvalue weighted by Gasteiger charge is -2.38. The SMILES string of the molecule is O=C(O)C1(c2cccc(C3CCOC3)c2)CCC1. The molecular formula is C15H18O3. The summed E-state index contributed by atoms with van der Waals surface area (Å²) < 4.78 is 5.41. The minimum absolute atomic E-state index is 0.441. The highest BCUT2D eigenvalue weighted by molar-refractivity contribution is 5.82. The molecule has 2 fully saturated rings. The minimum atomic E-state index is -0.673. The number of ether oxygens (including phenoxy) is 1. The summed E-state index contributed by atoms with van der Waals surface area (Å²) >= 11 is 0.